The minimum Gasteiger partial charge on any atom is -0.445 e. The summed E-state index contributed by atoms with van der Waals surface area (Å²) in [5.74, 6) is 1.20. The Morgan fingerprint density at radius 2 is 2.14 bits per heavy atom. The largest absolute Gasteiger partial charge is 0.445 e. The predicted molar refractivity (Wildman–Crippen MR) is 108 cm³/mol. The maximum atomic E-state index is 12.8. The number of carbonyl (C=O) groups is 1. The van der Waals surface area contributed by atoms with Crippen molar-refractivity contribution in [3.05, 3.63) is 80.6 Å². The van der Waals surface area contributed by atoms with Crippen molar-refractivity contribution in [1.82, 2.24) is 19.9 Å². The average molecular weight is 413 g/mol. The number of aryl methyl sites for hydroxylation is 1. The highest BCUT2D eigenvalue weighted by molar-refractivity contribution is 6.30. The van der Waals surface area contributed by atoms with Crippen molar-refractivity contribution < 1.29 is 9.21 Å². The second kappa shape index (κ2) is 8.21. The van der Waals surface area contributed by atoms with Crippen LogP contribution < -0.4 is 5.69 Å². The third-order valence-electron chi connectivity index (χ3n) is 5.02. The van der Waals surface area contributed by atoms with Crippen LogP contribution in [0.2, 0.25) is 5.02 Å². The van der Waals surface area contributed by atoms with E-state index in [4.69, 9.17) is 16.0 Å². The summed E-state index contributed by atoms with van der Waals surface area (Å²) in [4.78, 5) is 36.9. The topological polar surface area (TPSA) is 92.1 Å². The van der Waals surface area contributed by atoms with Crippen molar-refractivity contribution in [3.63, 3.8) is 0 Å². The highest BCUT2D eigenvalue weighted by Crippen LogP contribution is 2.28. The zero-order valence-electron chi connectivity index (χ0n) is 16.0. The van der Waals surface area contributed by atoms with Crippen LogP contribution in [0.25, 0.3) is 0 Å². The van der Waals surface area contributed by atoms with Gasteiger partial charge in [-0.25, -0.2) is 9.78 Å². The van der Waals surface area contributed by atoms with Crippen molar-refractivity contribution in [2.24, 2.45) is 0 Å². The van der Waals surface area contributed by atoms with Gasteiger partial charge in [-0.1, -0.05) is 23.7 Å². The van der Waals surface area contributed by atoms with Gasteiger partial charge in [0.2, 0.25) is 0 Å². The first-order valence-electron chi connectivity index (χ1n) is 9.54. The molecular formula is C21H21ClN4O3. The van der Waals surface area contributed by atoms with E-state index in [2.05, 4.69) is 15.0 Å². The molecule has 0 radical (unpaired) electrons. The van der Waals surface area contributed by atoms with E-state index in [1.54, 1.807) is 24.1 Å². The van der Waals surface area contributed by atoms with Crippen molar-refractivity contribution in [3.8, 4) is 0 Å². The summed E-state index contributed by atoms with van der Waals surface area (Å²) < 4.78 is 5.98. The molecule has 3 heterocycles. The van der Waals surface area contributed by atoms with Gasteiger partial charge < -0.3 is 14.3 Å². The van der Waals surface area contributed by atoms with Crippen LogP contribution in [0.4, 0.5) is 0 Å². The predicted octanol–water partition coefficient (Wildman–Crippen LogP) is 3.33. The molecule has 0 saturated carbocycles. The Hall–Kier alpha value is -2.93. The molecule has 1 aliphatic rings. The molecule has 4 rings (SSSR count). The molecular weight excluding hydrogens is 392 g/mol. The van der Waals surface area contributed by atoms with Gasteiger partial charge in [0.15, 0.2) is 5.89 Å². The number of aromatic nitrogens is 3. The highest BCUT2D eigenvalue weighted by Gasteiger charge is 2.29. The fourth-order valence-corrected chi connectivity index (χ4v) is 3.74. The van der Waals surface area contributed by atoms with E-state index < -0.39 is 5.69 Å². The summed E-state index contributed by atoms with van der Waals surface area (Å²) in [6, 6.07) is 9.22. The molecule has 7 nitrogen and oxygen atoms in total. The smallest absolute Gasteiger partial charge is 0.345 e. The molecule has 1 aliphatic heterocycles. The molecule has 0 bridgehead atoms. The lowest BCUT2D eigenvalue weighted by molar-refractivity contribution is 0.0691. The normalized spacial score (nSPS) is 16.8. The van der Waals surface area contributed by atoms with E-state index >= 15 is 0 Å². The van der Waals surface area contributed by atoms with Gasteiger partial charge in [-0.05, 0) is 43.5 Å². The number of carbonyl (C=O) groups excluding carboxylic acids is 1. The number of nitrogens with zero attached hydrogens (tertiary/aromatic N) is 3. The van der Waals surface area contributed by atoms with Crippen LogP contribution in [0, 0.1) is 6.92 Å². The monoisotopic (exact) mass is 412 g/mol. The van der Waals surface area contributed by atoms with Crippen LogP contribution in [-0.2, 0) is 6.42 Å². The van der Waals surface area contributed by atoms with Crippen molar-refractivity contribution >= 4 is 17.5 Å². The van der Waals surface area contributed by atoms with E-state index in [9.17, 15) is 9.59 Å². The number of H-pyrrole nitrogens is 1. The van der Waals surface area contributed by atoms with Crippen LogP contribution in [0.3, 0.4) is 0 Å². The first-order chi connectivity index (χ1) is 14.0. The maximum absolute atomic E-state index is 12.8. The fraction of sp³-hybridized carbons (Fsp3) is 0.333. The lowest BCUT2D eigenvalue weighted by Gasteiger charge is -2.31. The van der Waals surface area contributed by atoms with E-state index in [1.165, 1.54) is 0 Å². The van der Waals surface area contributed by atoms with Crippen LogP contribution in [0.5, 0.6) is 0 Å². The van der Waals surface area contributed by atoms with Gasteiger partial charge in [0.25, 0.3) is 5.91 Å². The summed E-state index contributed by atoms with van der Waals surface area (Å²) in [6.45, 7) is 2.85. The molecule has 0 unspecified atom stereocenters. The summed E-state index contributed by atoms with van der Waals surface area (Å²) >= 11 is 5.93. The van der Waals surface area contributed by atoms with Crippen molar-refractivity contribution in [2.45, 2.75) is 32.1 Å². The molecule has 1 atom stereocenters. The van der Waals surface area contributed by atoms with Crippen LogP contribution >= 0.6 is 11.6 Å². The zero-order chi connectivity index (χ0) is 20.4. The number of rotatable bonds is 4. The second-order valence-electron chi connectivity index (χ2n) is 7.31. The van der Waals surface area contributed by atoms with Gasteiger partial charge in [0.05, 0.1) is 12.1 Å². The Balaban J connectivity index is 1.45. The number of benzene rings is 1. The molecule has 0 aliphatic carbocycles. The summed E-state index contributed by atoms with van der Waals surface area (Å²) in [5, 5.41) is 0.698. The first-order valence-corrected chi connectivity index (χ1v) is 9.92. The Morgan fingerprint density at radius 1 is 1.34 bits per heavy atom. The zero-order valence-corrected chi connectivity index (χ0v) is 16.8. The molecule has 1 N–H and O–H groups in total. The quantitative estimate of drug-likeness (QED) is 0.709. The van der Waals surface area contributed by atoms with Gasteiger partial charge >= 0.3 is 5.69 Å². The number of nitrogens with one attached hydrogen (secondary N) is 1. The maximum Gasteiger partial charge on any atom is 0.345 e. The standard InChI is InChI=1S/C21H21ClN4O3/c1-13-9-18(25-21(28)24-13)20(27)26-8-2-3-15(12-26)19-23-11-17(29-19)10-14-4-6-16(22)7-5-14/h4-7,9,11,15H,2-3,8,10,12H2,1H3,(H,24,25,28)/t15-/m1/s1. The Labute approximate surface area is 172 Å². The van der Waals surface area contributed by atoms with Crippen LogP contribution in [0.15, 0.2) is 45.7 Å². The summed E-state index contributed by atoms with van der Waals surface area (Å²) in [7, 11) is 0. The minimum absolute atomic E-state index is 0.0229. The molecule has 150 valence electrons. The number of likely N-dealkylation sites (tertiary alicyclic amines) is 1. The van der Waals surface area contributed by atoms with Gasteiger partial charge in [0.1, 0.15) is 11.5 Å². The lowest BCUT2D eigenvalue weighted by Crippen LogP contribution is -2.40. The van der Waals surface area contributed by atoms with E-state index in [0.29, 0.717) is 36.1 Å². The molecule has 1 fully saturated rings. The average Bonchev–Trinajstić information content (AvgIpc) is 3.17. The van der Waals surface area contributed by atoms with E-state index in [1.807, 2.05) is 24.3 Å². The van der Waals surface area contributed by atoms with Gasteiger partial charge in [0, 0.05) is 30.2 Å². The molecule has 0 spiro atoms. The Bertz CT molecular complexity index is 1070. The highest BCUT2D eigenvalue weighted by atomic mass is 35.5. The van der Waals surface area contributed by atoms with Crippen molar-refractivity contribution in [2.75, 3.05) is 13.1 Å². The summed E-state index contributed by atoms with van der Waals surface area (Å²) in [6.07, 6.45) is 4.11. The minimum atomic E-state index is -0.513. The van der Waals surface area contributed by atoms with Crippen molar-refractivity contribution in [1.29, 1.82) is 0 Å². The number of amides is 1. The van der Waals surface area contributed by atoms with Crippen LogP contribution in [0.1, 0.15) is 52.2 Å². The van der Waals surface area contributed by atoms with Gasteiger partial charge in [-0.3, -0.25) is 4.79 Å². The number of piperidine rings is 1. The molecule has 1 amide bonds. The number of halogens is 1. The second-order valence-corrected chi connectivity index (χ2v) is 7.75. The molecule has 3 aromatic rings. The van der Waals surface area contributed by atoms with Gasteiger partial charge in [-0.2, -0.15) is 4.98 Å². The summed E-state index contributed by atoms with van der Waals surface area (Å²) in [5.41, 5.74) is 1.36. The van der Waals surface area contributed by atoms with E-state index in [-0.39, 0.29) is 17.5 Å². The van der Waals surface area contributed by atoms with Gasteiger partial charge in [-0.15, -0.1) is 0 Å². The lowest BCUT2D eigenvalue weighted by atomic mass is 9.97. The Kier molecular flexibility index (Phi) is 5.49. The van der Waals surface area contributed by atoms with E-state index in [0.717, 1.165) is 24.2 Å². The molecule has 29 heavy (non-hydrogen) atoms. The SMILES string of the molecule is Cc1cc(C(=O)N2CCC[C@@H](c3ncc(Cc4ccc(Cl)cc4)o3)C2)nc(=O)[nH]1. The molecule has 1 saturated heterocycles. The first kappa shape index (κ1) is 19.4. The number of oxazole rings is 1. The van der Waals surface area contributed by atoms with Crippen LogP contribution in [-0.4, -0.2) is 38.8 Å². The molecule has 8 heteroatoms. The Morgan fingerprint density at radius 3 is 2.90 bits per heavy atom. The fourth-order valence-electron chi connectivity index (χ4n) is 3.61. The molecule has 1 aromatic carbocycles. The number of hydrogen-bond donors (Lipinski definition) is 1. The third kappa shape index (κ3) is 4.56. The number of hydrogen-bond acceptors (Lipinski definition) is 5. The third-order valence-corrected chi connectivity index (χ3v) is 5.27. The number of aromatic amines is 1. The molecule has 2 aromatic heterocycles.